The maximum atomic E-state index is 11.6. The predicted octanol–water partition coefficient (Wildman–Crippen LogP) is 3.99. The van der Waals surface area contributed by atoms with Crippen LogP contribution in [0.2, 0.25) is 19.6 Å². The van der Waals surface area contributed by atoms with Gasteiger partial charge in [-0.15, -0.1) is 5.54 Å². The summed E-state index contributed by atoms with van der Waals surface area (Å²) in [6.45, 7) is 6.47. The van der Waals surface area contributed by atoms with Crippen LogP contribution in [0.25, 0.3) is 22.0 Å². The number of nitrogens with two attached hydrogens (primary N) is 1. The van der Waals surface area contributed by atoms with Crippen LogP contribution < -0.4 is 10.5 Å². The molecule has 0 aliphatic heterocycles. The van der Waals surface area contributed by atoms with Gasteiger partial charge in [0.25, 0.3) is 0 Å². The van der Waals surface area contributed by atoms with Gasteiger partial charge in [-0.2, -0.15) is 0 Å². The lowest BCUT2D eigenvalue weighted by molar-refractivity contribution is -0.133. The Bertz CT molecular complexity index is 1040. The van der Waals surface area contributed by atoms with E-state index in [4.69, 9.17) is 10.5 Å². The second-order valence-electron chi connectivity index (χ2n) is 7.28. The Labute approximate surface area is 160 Å². The number of esters is 1. The van der Waals surface area contributed by atoms with Crippen molar-refractivity contribution < 1.29 is 9.53 Å². The van der Waals surface area contributed by atoms with Gasteiger partial charge in [0, 0.05) is 17.0 Å². The van der Waals surface area contributed by atoms with Crippen LogP contribution >= 0.6 is 0 Å². The van der Waals surface area contributed by atoms with Gasteiger partial charge in [0.15, 0.2) is 0 Å². The van der Waals surface area contributed by atoms with Crippen LogP contribution in [0.3, 0.4) is 0 Å². The minimum absolute atomic E-state index is 0.189. The van der Waals surface area contributed by atoms with Gasteiger partial charge in [0.1, 0.15) is 8.07 Å². The predicted molar refractivity (Wildman–Crippen MR) is 112 cm³/mol. The van der Waals surface area contributed by atoms with Gasteiger partial charge in [-0.3, -0.25) is 4.79 Å². The average molecular weight is 375 g/mol. The largest absolute Gasteiger partial charge is 0.406 e. The first kappa shape index (κ1) is 18.8. The molecule has 0 saturated heterocycles. The number of rotatable bonds is 3. The molecule has 1 aromatic heterocycles. The van der Waals surface area contributed by atoms with E-state index in [1.165, 1.54) is 0 Å². The summed E-state index contributed by atoms with van der Waals surface area (Å²) in [7, 11) is -1.46. The topological polar surface area (TPSA) is 65.2 Å². The van der Waals surface area contributed by atoms with E-state index in [0.29, 0.717) is 0 Å². The van der Waals surface area contributed by atoms with E-state index in [2.05, 4.69) is 36.1 Å². The number of pyridine rings is 1. The van der Waals surface area contributed by atoms with E-state index in [1.54, 1.807) is 6.07 Å². The molecule has 0 aliphatic carbocycles. The summed E-state index contributed by atoms with van der Waals surface area (Å²) in [5.41, 5.74) is 12.4. The van der Waals surface area contributed by atoms with Gasteiger partial charge in [-0.05, 0) is 29.3 Å². The van der Waals surface area contributed by atoms with Crippen molar-refractivity contribution in [3.8, 4) is 28.5 Å². The standard InChI is InChI=1S/C22H22N2O2Si/c1-27(2,3)12-11-16-9-10-20-19(13-16)18(17-7-5-4-6-8-17)14-21(24-20)26-22(25)15-23/h4-10,13-14H,15,23H2,1-3H3. The molecule has 27 heavy (non-hydrogen) atoms. The highest BCUT2D eigenvalue weighted by Gasteiger charge is 2.12. The first-order chi connectivity index (χ1) is 12.9. The van der Waals surface area contributed by atoms with Gasteiger partial charge in [-0.1, -0.05) is 55.9 Å². The normalized spacial score (nSPS) is 11.0. The third kappa shape index (κ3) is 4.82. The van der Waals surface area contributed by atoms with Crippen molar-refractivity contribution in [3.63, 3.8) is 0 Å². The van der Waals surface area contributed by atoms with Crippen molar-refractivity contribution in [1.82, 2.24) is 4.98 Å². The maximum Gasteiger partial charge on any atom is 0.326 e. The molecule has 0 bridgehead atoms. The Morgan fingerprint density at radius 3 is 2.52 bits per heavy atom. The molecule has 0 amide bonds. The van der Waals surface area contributed by atoms with E-state index < -0.39 is 14.0 Å². The number of ether oxygens (including phenoxy) is 1. The number of carbonyl (C=O) groups is 1. The molecule has 3 rings (SSSR count). The Kier molecular flexibility index (Phi) is 5.40. The highest BCUT2D eigenvalue weighted by atomic mass is 28.3. The summed E-state index contributed by atoms with van der Waals surface area (Å²) in [5.74, 6) is 3.03. The molecule has 0 unspecified atom stereocenters. The van der Waals surface area contributed by atoms with E-state index in [1.807, 2.05) is 48.5 Å². The van der Waals surface area contributed by atoms with Crippen molar-refractivity contribution in [1.29, 1.82) is 0 Å². The van der Waals surface area contributed by atoms with Gasteiger partial charge in [-0.25, -0.2) is 4.98 Å². The summed E-state index contributed by atoms with van der Waals surface area (Å²) in [6, 6.07) is 17.6. The summed E-state index contributed by atoms with van der Waals surface area (Å²) < 4.78 is 5.26. The molecule has 0 spiro atoms. The molecule has 2 aromatic carbocycles. The fraction of sp³-hybridized carbons (Fsp3) is 0.182. The highest BCUT2D eigenvalue weighted by Crippen LogP contribution is 2.31. The molecule has 4 nitrogen and oxygen atoms in total. The summed E-state index contributed by atoms with van der Waals surface area (Å²) in [4.78, 5) is 16.1. The first-order valence-electron chi connectivity index (χ1n) is 8.80. The second-order valence-corrected chi connectivity index (χ2v) is 12.0. The van der Waals surface area contributed by atoms with Gasteiger partial charge >= 0.3 is 5.97 Å². The second kappa shape index (κ2) is 7.75. The number of carbonyl (C=O) groups excluding carboxylic acids is 1. The number of benzene rings is 2. The number of hydrogen-bond acceptors (Lipinski definition) is 4. The van der Waals surface area contributed by atoms with Gasteiger partial charge < -0.3 is 10.5 Å². The Morgan fingerprint density at radius 1 is 1.11 bits per heavy atom. The number of nitrogens with zero attached hydrogens (tertiary/aromatic N) is 1. The lowest BCUT2D eigenvalue weighted by Gasteiger charge is -2.10. The zero-order valence-electron chi connectivity index (χ0n) is 15.7. The SMILES string of the molecule is C[Si](C)(C)C#Cc1ccc2nc(OC(=O)CN)cc(-c3ccccc3)c2c1. The van der Waals surface area contributed by atoms with Crippen LogP contribution in [-0.2, 0) is 4.79 Å². The fourth-order valence-electron chi connectivity index (χ4n) is 2.61. The van der Waals surface area contributed by atoms with Crippen LogP contribution in [0.4, 0.5) is 0 Å². The molecule has 0 fully saturated rings. The summed E-state index contributed by atoms with van der Waals surface area (Å²) >= 11 is 0. The van der Waals surface area contributed by atoms with Crippen LogP contribution in [0.1, 0.15) is 5.56 Å². The Hall–Kier alpha value is -2.94. The smallest absolute Gasteiger partial charge is 0.326 e. The number of hydrogen-bond donors (Lipinski definition) is 1. The van der Waals surface area contributed by atoms with E-state index >= 15 is 0 Å². The minimum Gasteiger partial charge on any atom is -0.406 e. The van der Waals surface area contributed by atoms with Gasteiger partial charge in [0.05, 0.1) is 12.1 Å². The van der Waals surface area contributed by atoms with Crippen LogP contribution in [0.5, 0.6) is 5.88 Å². The van der Waals surface area contributed by atoms with Crippen molar-refractivity contribution in [2.45, 2.75) is 19.6 Å². The van der Waals surface area contributed by atoms with Gasteiger partial charge in [0.2, 0.25) is 5.88 Å². The molecular weight excluding hydrogens is 352 g/mol. The van der Waals surface area contributed by atoms with Crippen molar-refractivity contribution in [3.05, 3.63) is 60.2 Å². The third-order valence-corrected chi connectivity index (χ3v) is 4.71. The monoisotopic (exact) mass is 374 g/mol. The van der Waals surface area contributed by atoms with E-state index in [-0.39, 0.29) is 12.4 Å². The van der Waals surface area contributed by atoms with E-state index in [0.717, 1.165) is 27.6 Å². The Morgan fingerprint density at radius 2 is 1.85 bits per heavy atom. The van der Waals surface area contributed by atoms with Crippen molar-refractivity contribution in [2.24, 2.45) is 5.73 Å². The zero-order valence-corrected chi connectivity index (χ0v) is 16.7. The van der Waals surface area contributed by atoms with Crippen LogP contribution in [-0.4, -0.2) is 25.6 Å². The molecule has 0 saturated carbocycles. The van der Waals surface area contributed by atoms with E-state index in [9.17, 15) is 4.79 Å². The molecule has 136 valence electrons. The molecule has 0 atom stereocenters. The lowest BCUT2D eigenvalue weighted by atomic mass is 10.00. The Balaban J connectivity index is 2.18. The highest BCUT2D eigenvalue weighted by molar-refractivity contribution is 6.83. The maximum absolute atomic E-state index is 11.6. The molecule has 3 aromatic rings. The summed E-state index contributed by atoms with van der Waals surface area (Å²) in [5, 5.41) is 0.969. The molecule has 2 N–H and O–H groups in total. The fourth-order valence-corrected chi connectivity index (χ4v) is 3.13. The lowest BCUT2D eigenvalue weighted by Crippen LogP contribution is -2.20. The first-order valence-corrected chi connectivity index (χ1v) is 12.3. The zero-order chi connectivity index (χ0) is 19.4. The molecule has 0 radical (unpaired) electrons. The van der Waals surface area contributed by atoms with Crippen molar-refractivity contribution >= 4 is 24.9 Å². The summed E-state index contributed by atoms with van der Waals surface area (Å²) in [6.07, 6.45) is 0. The molecule has 1 heterocycles. The number of fused-ring (bicyclic) bond motifs is 1. The molecule has 0 aliphatic rings. The number of aromatic nitrogens is 1. The third-order valence-electron chi connectivity index (χ3n) is 3.84. The molecular formula is C22H22N2O2Si. The minimum atomic E-state index is -1.46. The van der Waals surface area contributed by atoms with Crippen LogP contribution in [0, 0.1) is 11.5 Å². The van der Waals surface area contributed by atoms with Crippen LogP contribution in [0.15, 0.2) is 54.6 Å². The van der Waals surface area contributed by atoms with Crippen molar-refractivity contribution in [2.75, 3.05) is 6.54 Å². The average Bonchev–Trinajstić information content (AvgIpc) is 2.65. The molecule has 5 heteroatoms. The quantitative estimate of drug-likeness (QED) is 0.428.